The molecule has 1 unspecified atom stereocenters. The van der Waals surface area contributed by atoms with Crippen LogP contribution in [0.1, 0.15) is 0 Å². The van der Waals surface area contributed by atoms with Gasteiger partial charge in [-0.1, -0.05) is 0 Å². The molecular formula is C3H3N2O2S-. The number of H-pyrrole nitrogens is 1. The number of nitrogens with zero attached hydrogens (tertiary/aromatic N) is 1. The van der Waals surface area contributed by atoms with Gasteiger partial charge in [0, 0.05) is 6.20 Å². The van der Waals surface area contributed by atoms with Crippen LogP contribution in [0.4, 0.5) is 0 Å². The zero-order valence-electron chi connectivity index (χ0n) is 3.83. The molecule has 1 heterocycles. The highest BCUT2D eigenvalue weighted by molar-refractivity contribution is 7.79. The Morgan fingerprint density at radius 1 is 1.88 bits per heavy atom. The number of hydrogen-bond acceptors (Lipinski definition) is 3. The third-order valence-electron chi connectivity index (χ3n) is 0.666. The van der Waals surface area contributed by atoms with Crippen molar-refractivity contribution in [3.05, 3.63) is 12.4 Å². The van der Waals surface area contributed by atoms with E-state index < -0.39 is 11.1 Å². The van der Waals surface area contributed by atoms with Crippen LogP contribution < -0.4 is 0 Å². The van der Waals surface area contributed by atoms with Crippen molar-refractivity contribution < 1.29 is 8.76 Å². The number of rotatable bonds is 1. The standard InChI is InChI=1S/C3H4N2O2S/c6-8(7)3-1-4-5-2-3/h1-2H,(H,4,5)(H,6,7)/p-1. The molecule has 0 radical (unpaired) electrons. The predicted octanol–water partition coefficient (Wildman–Crippen LogP) is -0.352. The van der Waals surface area contributed by atoms with Crippen molar-refractivity contribution in [2.24, 2.45) is 0 Å². The van der Waals surface area contributed by atoms with E-state index in [4.69, 9.17) is 0 Å². The Labute approximate surface area is 48.2 Å². The highest BCUT2D eigenvalue weighted by Gasteiger charge is 1.87. The van der Waals surface area contributed by atoms with E-state index in [1.165, 1.54) is 12.4 Å². The molecule has 1 aromatic heterocycles. The van der Waals surface area contributed by atoms with Crippen molar-refractivity contribution in [1.29, 1.82) is 0 Å². The Morgan fingerprint density at radius 2 is 2.62 bits per heavy atom. The van der Waals surface area contributed by atoms with Crippen LogP contribution in [-0.4, -0.2) is 19.0 Å². The molecule has 0 aliphatic rings. The van der Waals surface area contributed by atoms with Crippen molar-refractivity contribution in [3.63, 3.8) is 0 Å². The Hall–Kier alpha value is -0.680. The number of aromatic nitrogens is 2. The monoisotopic (exact) mass is 131 g/mol. The summed E-state index contributed by atoms with van der Waals surface area (Å²) in [6, 6.07) is 0. The van der Waals surface area contributed by atoms with E-state index in [9.17, 15) is 8.76 Å². The highest BCUT2D eigenvalue weighted by Crippen LogP contribution is 1.96. The third-order valence-corrected chi connectivity index (χ3v) is 1.27. The Bertz CT molecular complexity index is 183. The highest BCUT2D eigenvalue weighted by atomic mass is 32.2. The van der Waals surface area contributed by atoms with Crippen LogP contribution in [-0.2, 0) is 11.1 Å². The lowest BCUT2D eigenvalue weighted by atomic mass is 10.7. The van der Waals surface area contributed by atoms with E-state index >= 15 is 0 Å². The molecule has 0 aromatic carbocycles. The molecule has 8 heavy (non-hydrogen) atoms. The summed E-state index contributed by atoms with van der Waals surface area (Å²) >= 11 is -2.14. The minimum atomic E-state index is -2.14. The van der Waals surface area contributed by atoms with Gasteiger partial charge in [0.25, 0.3) is 0 Å². The van der Waals surface area contributed by atoms with Crippen LogP contribution in [0.25, 0.3) is 0 Å². The summed E-state index contributed by atoms with van der Waals surface area (Å²) in [7, 11) is 0. The molecule has 1 atom stereocenters. The fraction of sp³-hybridized carbons (Fsp3) is 0. The molecule has 0 bridgehead atoms. The molecule has 0 saturated carbocycles. The first kappa shape index (κ1) is 5.46. The van der Waals surface area contributed by atoms with Gasteiger partial charge < -0.3 is 4.55 Å². The first-order valence-corrected chi connectivity index (χ1v) is 2.96. The molecule has 5 heteroatoms. The van der Waals surface area contributed by atoms with Gasteiger partial charge in [-0.05, 0) is 11.1 Å². The average molecular weight is 131 g/mol. The van der Waals surface area contributed by atoms with Crippen LogP contribution in [0.2, 0.25) is 0 Å². The molecule has 0 fully saturated rings. The quantitative estimate of drug-likeness (QED) is 0.529. The van der Waals surface area contributed by atoms with Gasteiger partial charge >= 0.3 is 0 Å². The second kappa shape index (κ2) is 2.06. The van der Waals surface area contributed by atoms with E-state index in [1.54, 1.807) is 0 Å². The summed E-state index contributed by atoms with van der Waals surface area (Å²) in [4.78, 5) is 0.185. The van der Waals surface area contributed by atoms with Crippen molar-refractivity contribution in [1.82, 2.24) is 10.2 Å². The van der Waals surface area contributed by atoms with E-state index in [2.05, 4.69) is 10.2 Å². The molecule has 44 valence electrons. The second-order valence-electron chi connectivity index (χ2n) is 1.17. The minimum absolute atomic E-state index is 0.185. The molecule has 0 saturated heterocycles. The number of hydrogen-bond donors (Lipinski definition) is 1. The van der Waals surface area contributed by atoms with Crippen LogP contribution in [0.3, 0.4) is 0 Å². The molecular weight excluding hydrogens is 128 g/mol. The topological polar surface area (TPSA) is 68.8 Å². The van der Waals surface area contributed by atoms with Gasteiger partial charge in [-0.25, -0.2) is 0 Å². The van der Waals surface area contributed by atoms with Gasteiger partial charge in [-0.2, -0.15) is 5.10 Å². The van der Waals surface area contributed by atoms with Crippen LogP contribution in [0, 0.1) is 0 Å². The summed E-state index contributed by atoms with van der Waals surface area (Å²) in [5.74, 6) is 0. The van der Waals surface area contributed by atoms with Crippen molar-refractivity contribution in [2.75, 3.05) is 0 Å². The molecule has 1 rings (SSSR count). The van der Waals surface area contributed by atoms with Gasteiger partial charge in [0.15, 0.2) is 0 Å². The van der Waals surface area contributed by atoms with Gasteiger partial charge in [0.1, 0.15) is 0 Å². The Kier molecular flexibility index (Phi) is 1.40. The summed E-state index contributed by atoms with van der Waals surface area (Å²) in [5.41, 5.74) is 0. The van der Waals surface area contributed by atoms with E-state index in [0.29, 0.717) is 0 Å². The fourth-order valence-electron chi connectivity index (χ4n) is 0.330. The maximum atomic E-state index is 10.0. The lowest BCUT2D eigenvalue weighted by Gasteiger charge is -1.95. The van der Waals surface area contributed by atoms with Crippen molar-refractivity contribution in [2.45, 2.75) is 4.90 Å². The minimum Gasteiger partial charge on any atom is -0.768 e. The summed E-state index contributed by atoms with van der Waals surface area (Å²) in [5, 5.41) is 5.79. The lowest BCUT2D eigenvalue weighted by molar-refractivity contribution is 0.537. The van der Waals surface area contributed by atoms with Gasteiger partial charge in [0.2, 0.25) is 0 Å². The molecule has 0 aliphatic carbocycles. The smallest absolute Gasteiger partial charge is 0.0637 e. The SMILES string of the molecule is O=S([O-])c1cn[nH]c1. The molecule has 1 aromatic rings. The Morgan fingerprint density at radius 3 is 2.88 bits per heavy atom. The van der Waals surface area contributed by atoms with Crippen molar-refractivity contribution in [3.8, 4) is 0 Å². The molecule has 1 N–H and O–H groups in total. The van der Waals surface area contributed by atoms with Gasteiger partial charge in [-0.3, -0.25) is 9.31 Å². The van der Waals surface area contributed by atoms with Gasteiger partial charge in [-0.15, -0.1) is 0 Å². The molecule has 0 amide bonds. The van der Waals surface area contributed by atoms with E-state index in [0.717, 1.165) is 0 Å². The van der Waals surface area contributed by atoms with Crippen LogP contribution in [0.15, 0.2) is 17.3 Å². The largest absolute Gasteiger partial charge is 0.768 e. The second-order valence-corrected chi connectivity index (χ2v) is 2.11. The summed E-state index contributed by atoms with van der Waals surface area (Å²) in [6.07, 6.45) is 2.55. The number of aromatic amines is 1. The normalized spacial score (nSPS) is 13.6. The maximum absolute atomic E-state index is 10.0. The van der Waals surface area contributed by atoms with Crippen molar-refractivity contribution >= 4 is 11.1 Å². The zero-order chi connectivity index (χ0) is 5.98. The van der Waals surface area contributed by atoms with Gasteiger partial charge in [0.05, 0.1) is 11.1 Å². The number of nitrogens with one attached hydrogen (secondary N) is 1. The third kappa shape index (κ3) is 0.932. The van der Waals surface area contributed by atoms with Crippen LogP contribution in [0.5, 0.6) is 0 Å². The first-order valence-electron chi connectivity index (χ1n) is 1.89. The summed E-state index contributed by atoms with van der Waals surface area (Å²) in [6.45, 7) is 0. The maximum Gasteiger partial charge on any atom is 0.0637 e. The molecule has 0 aliphatic heterocycles. The van der Waals surface area contributed by atoms with Crippen LogP contribution >= 0.6 is 0 Å². The first-order chi connectivity index (χ1) is 3.80. The fourth-order valence-corrected chi connectivity index (χ4v) is 0.618. The zero-order valence-corrected chi connectivity index (χ0v) is 4.64. The Balaban J connectivity index is 2.93. The molecule has 0 spiro atoms. The lowest BCUT2D eigenvalue weighted by Crippen LogP contribution is -1.82. The predicted molar refractivity (Wildman–Crippen MR) is 25.8 cm³/mol. The average Bonchev–Trinajstić information content (AvgIpc) is 2.12. The van der Waals surface area contributed by atoms with E-state index in [-0.39, 0.29) is 4.90 Å². The summed E-state index contributed by atoms with van der Waals surface area (Å²) < 4.78 is 20.0. The molecule has 4 nitrogen and oxygen atoms in total. The van der Waals surface area contributed by atoms with E-state index in [1.807, 2.05) is 0 Å².